The highest BCUT2D eigenvalue weighted by Gasteiger charge is 2.19. The van der Waals surface area contributed by atoms with Crippen LogP contribution >= 0.6 is 23.2 Å². The second-order valence-corrected chi connectivity index (χ2v) is 10.4. The average molecular weight is 556 g/mol. The number of benzene rings is 5. The minimum absolute atomic E-state index is 0.387. The Morgan fingerprint density at radius 3 is 2.10 bits per heavy atom. The van der Waals surface area contributed by atoms with Crippen molar-refractivity contribution in [3.05, 3.63) is 125 Å². The highest BCUT2D eigenvalue weighted by Crippen LogP contribution is 2.39. The van der Waals surface area contributed by atoms with Gasteiger partial charge in [-0.05, 0) is 23.8 Å². The van der Waals surface area contributed by atoms with Gasteiger partial charge in [0.1, 0.15) is 16.3 Å². The van der Waals surface area contributed by atoms with Crippen LogP contribution in [0.15, 0.2) is 120 Å². The van der Waals surface area contributed by atoms with Crippen molar-refractivity contribution in [3.8, 4) is 28.3 Å². The molecule has 0 radical (unpaired) electrons. The zero-order chi connectivity index (χ0) is 26.8. The Morgan fingerprint density at radius 2 is 1.25 bits per heavy atom. The second-order valence-electron chi connectivity index (χ2n) is 9.70. The molecule has 8 aromatic rings. The number of para-hydroxylation sites is 4. The van der Waals surface area contributed by atoms with Gasteiger partial charge >= 0.3 is 0 Å². The second kappa shape index (κ2) is 8.95. The summed E-state index contributed by atoms with van der Waals surface area (Å²) >= 11 is 13.3. The molecule has 0 fully saturated rings. The lowest BCUT2D eigenvalue weighted by Crippen LogP contribution is -2.03. The first-order valence-electron chi connectivity index (χ1n) is 12.9. The Hall–Kier alpha value is -4.64. The topological polar surface area (TPSA) is 43.9 Å². The van der Waals surface area contributed by atoms with Crippen molar-refractivity contribution in [2.24, 2.45) is 0 Å². The third-order valence-corrected chi connectivity index (χ3v) is 8.26. The minimum Gasteiger partial charge on any atom is -0.455 e. The fourth-order valence-electron chi connectivity index (χ4n) is 5.53. The summed E-state index contributed by atoms with van der Waals surface area (Å²) in [4.78, 5) is 9.91. The van der Waals surface area contributed by atoms with Gasteiger partial charge in [-0.2, -0.15) is 0 Å². The molecule has 0 amide bonds. The van der Waals surface area contributed by atoms with Gasteiger partial charge in [-0.25, -0.2) is 9.97 Å². The van der Waals surface area contributed by atoms with Crippen LogP contribution in [0.4, 0.5) is 0 Å². The number of aromatic nitrogens is 3. The lowest BCUT2D eigenvalue weighted by atomic mass is 9.99. The van der Waals surface area contributed by atoms with E-state index in [1.807, 2.05) is 71.3 Å². The Bertz CT molecular complexity index is 2250. The van der Waals surface area contributed by atoms with E-state index in [1.165, 1.54) is 0 Å². The molecule has 0 unspecified atom stereocenters. The Morgan fingerprint density at radius 1 is 0.575 bits per heavy atom. The molecule has 0 aliphatic carbocycles. The molecule has 0 aliphatic heterocycles. The first kappa shape index (κ1) is 23.3. The van der Waals surface area contributed by atoms with E-state index < -0.39 is 0 Å². The minimum atomic E-state index is 0.387. The summed E-state index contributed by atoms with van der Waals surface area (Å²) < 4.78 is 8.09. The molecule has 0 spiro atoms. The molecule has 190 valence electrons. The maximum atomic E-state index is 6.73. The van der Waals surface area contributed by atoms with Crippen molar-refractivity contribution in [2.75, 3.05) is 0 Å². The van der Waals surface area contributed by atoms with Gasteiger partial charge < -0.3 is 4.42 Å². The van der Waals surface area contributed by atoms with Gasteiger partial charge in [0.05, 0.1) is 21.7 Å². The predicted molar refractivity (Wildman–Crippen MR) is 165 cm³/mol. The third kappa shape index (κ3) is 3.47. The van der Waals surface area contributed by atoms with E-state index in [-0.39, 0.29) is 0 Å². The molecule has 40 heavy (non-hydrogen) atoms. The number of hydrogen-bond acceptors (Lipinski definition) is 3. The smallest absolute Gasteiger partial charge is 0.236 e. The van der Waals surface area contributed by atoms with Crippen LogP contribution in [-0.4, -0.2) is 14.5 Å². The normalized spacial score (nSPS) is 11.8. The molecule has 0 N–H and O–H groups in total. The average Bonchev–Trinajstić information content (AvgIpc) is 3.51. The molecule has 6 heteroatoms. The fourth-order valence-corrected chi connectivity index (χ4v) is 6.04. The fraction of sp³-hybridized carbons (Fsp3) is 0. The zero-order valence-electron chi connectivity index (χ0n) is 21.0. The molecule has 0 atom stereocenters. The standard InChI is InChI=1S/C34H19Cl2N3O/c35-30-26-10-2-5-14-28(26)39(33(30)36)34-37-27-13-4-1-9-25(27)31(38-34)21-18-16-20(17-19-21)22-11-7-12-24-23-8-3-6-15-29(23)40-32(22)24/h1-19H. The summed E-state index contributed by atoms with van der Waals surface area (Å²) in [7, 11) is 0. The lowest BCUT2D eigenvalue weighted by Gasteiger charge is -2.12. The van der Waals surface area contributed by atoms with E-state index in [0.717, 1.165) is 66.1 Å². The van der Waals surface area contributed by atoms with Crippen LogP contribution in [0.2, 0.25) is 10.2 Å². The van der Waals surface area contributed by atoms with Crippen molar-refractivity contribution in [2.45, 2.75) is 0 Å². The maximum Gasteiger partial charge on any atom is 0.236 e. The van der Waals surface area contributed by atoms with Crippen molar-refractivity contribution in [1.29, 1.82) is 0 Å². The number of furan rings is 1. The predicted octanol–water partition coefficient (Wildman–Crippen LogP) is 10.1. The summed E-state index contributed by atoms with van der Waals surface area (Å²) in [5.41, 5.74) is 7.36. The van der Waals surface area contributed by atoms with Crippen molar-refractivity contribution in [3.63, 3.8) is 0 Å². The molecule has 3 heterocycles. The Labute approximate surface area is 239 Å². The van der Waals surface area contributed by atoms with Crippen LogP contribution in [0, 0.1) is 0 Å². The molecule has 0 aliphatic rings. The van der Waals surface area contributed by atoms with Crippen LogP contribution in [0.1, 0.15) is 0 Å². The molecular formula is C34H19Cl2N3O. The van der Waals surface area contributed by atoms with Crippen LogP contribution < -0.4 is 0 Å². The summed E-state index contributed by atoms with van der Waals surface area (Å²) in [5.74, 6) is 0.470. The van der Waals surface area contributed by atoms with Crippen molar-refractivity contribution in [1.82, 2.24) is 14.5 Å². The third-order valence-electron chi connectivity index (χ3n) is 7.42. The highest BCUT2D eigenvalue weighted by atomic mass is 35.5. The van der Waals surface area contributed by atoms with Crippen LogP contribution in [0.5, 0.6) is 0 Å². The van der Waals surface area contributed by atoms with Gasteiger partial charge in [-0.15, -0.1) is 0 Å². The molecule has 4 nitrogen and oxygen atoms in total. The number of nitrogens with zero attached hydrogens (tertiary/aromatic N) is 3. The molecular weight excluding hydrogens is 537 g/mol. The summed E-state index contributed by atoms with van der Waals surface area (Å²) in [6.45, 7) is 0. The largest absolute Gasteiger partial charge is 0.455 e. The van der Waals surface area contributed by atoms with Gasteiger partial charge in [0, 0.05) is 32.7 Å². The quantitative estimate of drug-likeness (QED) is 0.218. The van der Waals surface area contributed by atoms with Gasteiger partial charge in [0.2, 0.25) is 5.95 Å². The van der Waals surface area contributed by atoms with E-state index in [1.54, 1.807) is 0 Å². The molecule has 3 aromatic heterocycles. The van der Waals surface area contributed by atoms with Gasteiger partial charge in [-0.1, -0.05) is 120 Å². The highest BCUT2D eigenvalue weighted by molar-refractivity contribution is 6.45. The van der Waals surface area contributed by atoms with Crippen LogP contribution in [-0.2, 0) is 0 Å². The van der Waals surface area contributed by atoms with Crippen molar-refractivity contribution < 1.29 is 4.42 Å². The molecule has 5 aromatic carbocycles. The first-order chi connectivity index (χ1) is 19.7. The van der Waals surface area contributed by atoms with E-state index in [4.69, 9.17) is 37.6 Å². The van der Waals surface area contributed by atoms with Gasteiger partial charge in [-0.3, -0.25) is 4.57 Å². The molecule has 8 rings (SSSR count). The number of fused-ring (bicyclic) bond motifs is 5. The number of halogens is 2. The monoisotopic (exact) mass is 555 g/mol. The molecule has 0 bridgehead atoms. The van der Waals surface area contributed by atoms with Gasteiger partial charge in [0.15, 0.2) is 0 Å². The van der Waals surface area contributed by atoms with Crippen LogP contribution in [0.3, 0.4) is 0 Å². The van der Waals surface area contributed by atoms with E-state index >= 15 is 0 Å². The summed E-state index contributed by atoms with van der Waals surface area (Å²) in [6.07, 6.45) is 0. The van der Waals surface area contributed by atoms with E-state index in [2.05, 4.69) is 48.5 Å². The Balaban J connectivity index is 1.30. The number of rotatable bonds is 3. The maximum absolute atomic E-state index is 6.73. The summed E-state index contributed by atoms with van der Waals surface area (Å²) in [5, 5.41) is 4.91. The number of hydrogen-bond donors (Lipinski definition) is 0. The first-order valence-corrected chi connectivity index (χ1v) is 13.7. The van der Waals surface area contributed by atoms with Crippen LogP contribution in [0.25, 0.3) is 72.1 Å². The molecule has 0 saturated heterocycles. The van der Waals surface area contributed by atoms with E-state index in [0.29, 0.717) is 16.1 Å². The molecule has 0 saturated carbocycles. The van der Waals surface area contributed by atoms with Gasteiger partial charge in [0.25, 0.3) is 0 Å². The summed E-state index contributed by atoms with van der Waals surface area (Å²) in [6, 6.07) is 38.7. The Kier molecular flexibility index (Phi) is 5.21. The van der Waals surface area contributed by atoms with Crippen molar-refractivity contribution >= 4 is 66.9 Å². The van der Waals surface area contributed by atoms with E-state index in [9.17, 15) is 0 Å². The SMILES string of the molecule is Clc1c(Cl)n(-c2nc(-c3ccc(-c4cccc5c4oc4ccccc45)cc3)c3ccccc3n2)c2ccccc12. The zero-order valence-corrected chi connectivity index (χ0v) is 22.5. The lowest BCUT2D eigenvalue weighted by molar-refractivity contribution is 0.670.